The van der Waals surface area contributed by atoms with Gasteiger partial charge in [-0.3, -0.25) is 0 Å². The van der Waals surface area contributed by atoms with Crippen LogP contribution in [0.5, 0.6) is 0 Å². The van der Waals surface area contributed by atoms with Crippen LogP contribution in [-0.4, -0.2) is 16.4 Å². The summed E-state index contributed by atoms with van der Waals surface area (Å²) in [5.74, 6) is 0. The molecule has 14 heavy (non-hydrogen) atoms. The molecule has 76 valence electrons. The van der Waals surface area contributed by atoms with E-state index in [1.807, 2.05) is 6.07 Å². The Morgan fingerprint density at radius 1 is 1.29 bits per heavy atom. The summed E-state index contributed by atoms with van der Waals surface area (Å²) in [4.78, 5) is 0. The molecule has 0 N–H and O–H groups in total. The lowest BCUT2D eigenvalue weighted by molar-refractivity contribution is 0.344. The normalized spacial score (nSPS) is 11.8. The molecule has 0 heterocycles. The molecule has 0 aliphatic rings. The number of hydrogen-bond acceptors (Lipinski definition) is 1. The topological polar surface area (TPSA) is 9.23 Å². The molecule has 0 atom stereocenters. The maximum Gasteiger partial charge on any atom is 0.161 e. The van der Waals surface area contributed by atoms with Crippen molar-refractivity contribution < 1.29 is 4.43 Å². The molecule has 0 aliphatic heterocycles. The van der Waals surface area contributed by atoms with Crippen LogP contribution in [-0.2, 0) is 4.43 Å². The second-order valence-electron chi connectivity index (χ2n) is 3.21. The highest BCUT2D eigenvalue weighted by atomic mass is 28.2. The third kappa shape index (κ3) is 4.99. The highest BCUT2D eigenvalue weighted by Crippen LogP contribution is 2.01. The van der Waals surface area contributed by atoms with Gasteiger partial charge in [0.15, 0.2) is 9.76 Å². The van der Waals surface area contributed by atoms with Crippen LogP contribution in [0, 0.1) is 0 Å². The van der Waals surface area contributed by atoms with Crippen LogP contribution in [0.25, 0.3) is 6.08 Å². The molecule has 0 saturated heterocycles. The van der Waals surface area contributed by atoms with Gasteiger partial charge in [-0.15, -0.1) is 0 Å². The van der Waals surface area contributed by atoms with Gasteiger partial charge in [-0.1, -0.05) is 49.4 Å². The van der Waals surface area contributed by atoms with E-state index in [2.05, 4.69) is 43.3 Å². The van der Waals surface area contributed by atoms with Crippen LogP contribution < -0.4 is 0 Å². The maximum absolute atomic E-state index is 5.51. The monoisotopic (exact) mass is 206 g/mol. The van der Waals surface area contributed by atoms with Crippen molar-refractivity contribution in [1.82, 2.24) is 0 Å². The Labute approximate surface area is 88.7 Å². The summed E-state index contributed by atoms with van der Waals surface area (Å²) < 4.78 is 5.51. The lowest BCUT2D eigenvalue weighted by Gasteiger charge is -1.97. The third-order valence-corrected chi connectivity index (χ3v) is 2.87. The minimum atomic E-state index is -0.203. The van der Waals surface area contributed by atoms with Crippen LogP contribution in [0.15, 0.2) is 36.4 Å². The minimum Gasteiger partial charge on any atom is -0.424 e. The van der Waals surface area contributed by atoms with Crippen molar-refractivity contribution in [1.29, 1.82) is 0 Å². The molecule has 1 aromatic carbocycles. The van der Waals surface area contributed by atoms with Crippen LogP contribution in [0.1, 0.15) is 18.9 Å². The summed E-state index contributed by atoms with van der Waals surface area (Å²) in [7, 11) is -0.203. The van der Waals surface area contributed by atoms with Crippen LogP contribution >= 0.6 is 0 Å². The van der Waals surface area contributed by atoms with Crippen molar-refractivity contribution >= 4 is 15.8 Å². The Balaban J connectivity index is 2.15. The first-order chi connectivity index (χ1) is 6.93. The van der Waals surface area contributed by atoms with Gasteiger partial charge in [0.1, 0.15) is 0 Å². The van der Waals surface area contributed by atoms with E-state index in [1.54, 1.807) is 0 Å². The van der Waals surface area contributed by atoms with E-state index in [9.17, 15) is 0 Å². The Morgan fingerprint density at radius 2 is 2.07 bits per heavy atom. The second-order valence-corrected chi connectivity index (χ2v) is 5.03. The molecule has 1 rings (SSSR count). The molecule has 0 radical (unpaired) electrons. The highest BCUT2D eigenvalue weighted by Gasteiger charge is 1.85. The molecule has 2 heteroatoms. The zero-order valence-corrected chi connectivity index (χ0v) is 10.2. The van der Waals surface area contributed by atoms with E-state index in [1.165, 1.54) is 11.6 Å². The number of rotatable bonds is 6. The van der Waals surface area contributed by atoms with Crippen LogP contribution in [0.3, 0.4) is 0 Å². The standard InChI is InChI=1S/C12H18OSi/c1-2-14-13-11-7-6-10-12-8-4-3-5-9-12/h3-6,8-10H,2,7,11,14H2,1H3. The molecule has 0 unspecified atom stereocenters. The van der Waals surface area contributed by atoms with Gasteiger partial charge in [0.2, 0.25) is 0 Å². The summed E-state index contributed by atoms with van der Waals surface area (Å²) in [6.45, 7) is 3.08. The van der Waals surface area contributed by atoms with Gasteiger partial charge in [0.05, 0.1) is 0 Å². The van der Waals surface area contributed by atoms with Crippen molar-refractivity contribution in [3.8, 4) is 0 Å². The third-order valence-electron chi connectivity index (χ3n) is 1.89. The van der Waals surface area contributed by atoms with E-state index >= 15 is 0 Å². The van der Waals surface area contributed by atoms with E-state index in [-0.39, 0.29) is 9.76 Å². The van der Waals surface area contributed by atoms with Crippen LogP contribution in [0.4, 0.5) is 0 Å². The van der Waals surface area contributed by atoms with Gasteiger partial charge < -0.3 is 4.43 Å². The van der Waals surface area contributed by atoms with Gasteiger partial charge in [-0.2, -0.15) is 0 Å². The van der Waals surface area contributed by atoms with Gasteiger partial charge in [0, 0.05) is 6.61 Å². The molecular formula is C12H18OSi. The largest absolute Gasteiger partial charge is 0.424 e. The minimum absolute atomic E-state index is 0.203. The van der Waals surface area contributed by atoms with Crippen molar-refractivity contribution in [3.63, 3.8) is 0 Å². The van der Waals surface area contributed by atoms with E-state index in [4.69, 9.17) is 4.43 Å². The van der Waals surface area contributed by atoms with Crippen molar-refractivity contribution in [3.05, 3.63) is 42.0 Å². The molecule has 0 aliphatic carbocycles. The fourth-order valence-corrected chi connectivity index (χ4v) is 1.84. The number of hydrogen-bond donors (Lipinski definition) is 0. The summed E-state index contributed by atoms with van der Waals surface area (Å²) >= 11 is 0. The predicted molar refractivity (Wildman–Crippen MR) is 65.1 cm³/mol. The second kappa shape index (κ2) is 7.53. The molecule has 0 fully saturated rings. The van der Waals surface area contributed by atoms with Gasteiger partial charge in [-0.05, 0) is 18.0 Å². The van der Waals surface area contributed by atoms with Crippen molar-refractivity contribution in [2.24, 2.45) is 0 Å². The first-order valence-electron chi connectivity index (χ1n) is 5.23. The van der Waals surface area contributed by atoms with Crippen LogP contribution in [0.2, 0.25) is 6.04 Å². The van der Waals surface area contributed by atoms with E-state index < -0.39 is 0 Å². The first-order valence-corrected chi connectivity index (χ1v) is 6.80. The van der Waals surface area contributed by atoms with Crippen molar-refractivity contribution in [2.45, 2.75) is 19.4 Å². The molecule has 0 aromatic heterocycles. The maximum atomic E-state index is 5.51. The number of benzene rings is 1. The molecule has 1 aromatic rings. The SMILES string of the molecule is CC[SiH2]OCCC=Cc1ccccc1. The zero-order chi connectivity index (χ0) is 10.1. The summed E-state index contributed by atoms with van der Waals surface area (Å²) in [5.41, 5.74) is 1.26. The average Bonchev–Trinajstić information content (AvgIpc) is 2.25. The summed E-state index contributed by atoms with van der Waals surface area (Å²) in [6, 6.07) is 11.6. The first kappa shape index (κ1) is 11.2. The van der Waals surface area contributed by atoms with Crippen molar-refractivity contribution in [2.75, 3.05) is 6.61 Å². The Morgan fingerprint density at radius 3 is 2.79 bits per heavy atom. The Kier molecular flexibility index (Phi) is 6.03. The fraction of sp³-hybridized carbons (Fsp3) is 0.333. The Bertz CT molecular complexity index is 256. The fourth-order valence-electron chi connectivity index (χ4n) is 1.18. The van der Waals surface area contributed by atoms with E-state index in [0.29, 0.717) is 0 Å². The van der Waals surface area contributed by atoms with Gasteiger partial charge in [0.25, 0.3) is 0 Å². The highest BCUT2D eigenvalue weighted by molar-refractivity contribution is 6.26. The molecule has 0 saturated carbocycles. The summed E-state index contributed by atoms with van der Waals surface area (Å²) in [5, 5.41) is 0. The molecule has 0 spiro atoms. The van der Waals surface area contributed by atoms with E-state index in [0.717, 1.165) is 13.0 Å². The zero-order valence-electron chi connectivity index (χ0n) is 8.78. The smallest absolute Gasteiger partial charge is 0.161 e. The Hall–Kier alpha value is -0.863. The summed E-state index contributed by atoms with van der Waals surface area (Å²) in [6.07, 6.45) is 5.36. The van der Waals surface area contributed by atoms with Gasteiger partial charge in [-0.25, -0.2) is 0 Å². The lowest BCUT2D eigenvalue weighted by atomic mass is 10.2. The average molecular weight is 206 g/mol. The molecule has 1 nitrogen and oxygen atoms in total. The predicted octanol–water partition coefficient (Wildman–Crippen LogP) is 2.63. The van der Waals surface area contributed by atoms with Gasteiger partial charge >= 0.3 is 0 Å². The quantitative estimate of drug-likeness (QED) is 0.513. The molecule has 0 amide bonds. The molecule has 0 bridgehead atoms. The molecular weight excluding hydrogens is 188 g/mol. The lowest BCUT2D eigenvalue weighted by Crippen LogP contribution is -1.96.